The lowest BCUT2D eigenvalue weighted by molar-refractivity contribution is -0.306. The zero-order valence-corrected chi connectivity index (χ0v) is 21.6. The van der Waals surface area contributed by atoms with Gasteiger partial charge in [0.05, 0.1) is 57.7 Å². The Kier molecular flexibility index (Phi) is 26.7. The van der Waals surface area contributed by atoms with Crippen LogP contribution in [0.2, 0.25) is 0 Å². The van der Waals surface area contributed by atoms with Crippen molar-refractivity contribution in [3.63, 3.8) is 0 Å². The fraction of sp³-hybridized carbons (Fsp3) is 0.958. The van der Waals surface area contributed by atoms with Gasteiger partial charge in [0.1, 0.15) is 0 Å². The highest BCUT2D eigenvalue weighted by molar-refractivity contribution is 7.75. The van der Waals surface area contributed by atoms with E-state index in [9.17, 15) is 9.90 Å². The number of unbranched alkanes of at least 4 members (excludes halogenated alkanes) is 4. The molecule has 0 N–H and O–H groups in total. The van der Waals surface area contributed by atoms with Gasteiger partial charge in [0.25, 0.3) is 0 Å². The van der Waals surface area contributed by atoms with E-state index < -0.39 is 13.2 Å². The van der Waals surface area contributed by atoms with E-state index in [0.717, 1.165) is 0 Å². The summed E-state index contributed by atoms with van der Waals surface area (Å²) in [5.41, 5.74) is 0. The van der Waals surface area contributed by atoms with Crippen LogP contribution in [-0.2, 0) is 19.0 Å². The predicted octanol–water partition coefficient (Wildman–Crippen LogP) is 5.01. The molecule has 0 bridgehead atoms. The van der Waals surface area contributed by atoms with Gasteiger partial charge < -0.3 is 24.1 Å². The molecule has 0 rings (SSSR count). The Labute approximate surface area is 188 Å². The van der Waals surface area contributed by atoms with E-state index in [2.05, 4.69) is 27.7 Å². The SMILES string of the molecule is CCCC[P+](CCCC)(CCCC)CCCC.COCCOCCOCCC(=O)[O-]. The molecule has 0 saturated heterocycles. The smallest absolute Gasteiger partial charge is 0.0701 e. The summed E-state index contributed by atoms with van der Waals surface area (Å²) in [6, 6.07) is 0. The summed E-state index contributed by atoms with van der Waals surface area (Å²) in [6.07, 6.45) is 17.9. The quantitative estimate of drug-likeness (QED) is 0.182. The Morgan fingerprint density at radius 2 is 1.03 bits per heavy atom. The molecule has 30 heavy (non-hydrogen) atoms. The summed E-state index contributed by atoms with van der Waals surface area (Å²) in [5.74, 6) is -1.10. The number of ether oxygens (including phenoxy) is 3. The van der Waals surface area contributed by atoms with Crippen LogP contribution in [0.5, 0.6) is 0 Å². The lowest BCUT2D eigenvalue weighted by Gasteiger charge is -2.28. The first-order valence-electron chi connectivity index (χ1n) is 12.2. The molecule has 0 heterocycles. The van der Waals surface area contributed by atoms with Gasteiger partial charge in [-0.3, -0.25) is 0 Å². The number of carbonyl (C=O) groups is 1. The van der Waals surface area contributed by atoms with E-state index in [-0.39, 0.29) is 13.0 Å². The maximum Gasteiger partial charge on any atom is 0.0701 e. The van der Waals surface area contributed by atoms with Gasteiger partial charge in [-0.1, -0.05) is 53.4 Å². The van der Waals surface area contributed by atoms with E-state index >= 15 is 0 Å². The number of methoxy groups -OCH3 is 1. The van der Waals surface area contributed by atoms with Crippen LogP contribution in [0.25, 0.3) is 0 Å². The van der Waals surface area contributed by atoms with Gasteiger partial charge in [-0.25, -0.2) is 0 Å². The van der Waals surface area contributed by atoms with Crippen molar-refractivity contribution in [3.05, 3.63) is 0 Å². The molecule has 0 aromatic rings. The fourth-order valence-corrected chi connectivity index (χ4v) is 8.55. The average molecular weight is 451 g/mol. The minimum atomic E-state index is -1.10. The normalized spacial score (nSPS) is 11.2. The van der Waals surface area contributed by atoms with E-state index in [1.54, 1.807) is 31.8 Å². The third-order valence-electron chi connectivity index (χ3n) is 5.20. The number of carboxylic acid groups (broad SMARTS) is 1. The van der Waals surface area contributed by atoms with Crippen LogP contribution < -0.4 is 5.11 Å². The molecular weight excluding hydrogens is 399 g/mol. The fourth-order valence-electron chi connectivity index (χ4n) is 3.26. The minimum absolute atomic E-state index is 0.0714. The van der Waals surface area contributed by atoms with Crippen molar-refractivity contribution in [2.45, 2.75) is 85.5 Å². The average Bonchev–Trinajstić information content (AvgIpc) is 2.75. The molecule has 0 radical (unpaired) electrons. The van der Waals surface area contributed by atoms with E-state index in [0.29, 0.717) is 26.4 Å². The molecule has 0 aromatic heterocycles. The van der Waals surface area contributed by atoms with E-state index in [4.69, 9.17) is 14.2 Å². The molecule has 0 unspecified atom stereocenters. The maximum absolute atomic E-state index is 9.93. The standard InChI is InChI=1S/C16H36P.C8H16O5/c1-5-9-13-17(14-10-6-2,15-11-7-3)16-12-8-4;1-11-4-5-13-7-6-12-3-2-8(9)10/h5-16H2,1-4H3;2-7H2,1H3,(H,9,10)/q+1;/p-1. The van der Waals surface area contributed by atoms with Crippen molar-refractivity contribution in [1.82, 2.24) is 0 Å². The molecule has 0 aliphatic rings. The van der Waals surface area contributed by atoms with Crippen LogP contribution in [0.3, 0.4) is 0 Å². The maximum atomic E-state index is 9.93. The van der Waals surface area contributed by atoms with Gasteiger partial charge in [0.2, 0.25) is 0 Å². The van der Waals surface area contributed by atoms with Gasteiger partial charge in [0.15, 0.2) is 0 Å². The second-order valence-corrected chi connectivity index (χ2v) is 12.5. The highest BCUT2D eigenvalue weighted by Crippen LogP contribution is 2.61. The molecule has 0 fully saturated rings. The molecule has 0 aliphatic carbocycles. The minimum Gasteiger partial charge on any atom is -0.550 e. The molecule has 182 valence electrons. The number of aliphatic carboxylic acids is 1. The van der Waals surface area contributed by atoms with Crippen molar-refractivity contribution >= 4 is 13.2 Å². The molecule has 6 heteroatoms. The van der Waals surface area contributed by atoms with Crippen molar-refractivity contribution in [2.75, 3.05) is 64.8 Å². The topological polar surface area (TPSA) is 67.8 Å². The molecule has 0 aromatic carbocycles. The van der Waals surface area contributed by atoms with Crippen LogP contribution >= 0.6 is 7.26 Å². The first kappa shape index (κ1) is 32.0. The summed E-state index contributed by atoms with van der Waals surface area (Å²) >= 11 is 0. The molecule has 0 aliphatic heterocycles. The number of carboxylic acids is 1. The molecular formula is C24H51O5P. The second kappa shape index (κ2) is 25.0. The van der Waals surface area contributed by atoms with Crippen LogP contribution in [0.15, 0.2) is 0 Å². The van der Waals surface area contributed by atoms with Gasteiger partial charge in [-0.05, 0) is 25.7 Å². The van der Waals surface area contributed by atoms with Crippen molar-refractivity contribution in [2.24, 2.45) is 0 Å². The van der Waals surface area contributed by atoms with Crippen LogP contribution in [0, 0.1) is 0 Å². The van der Waals surface area contributed by atoms with E-state index in [1.165, 1.54) is 51.4 Å². The van der Waals surface area contributed by atoms with Gasteiger partial charge in [0, 0.05) is 26.8 Å². The lowest BCUT2D eigenvalue weighted by atomic mass is 10.4. The largest absolute Gasteiger partial charge is 0.550 e. The van der Waals surface area contributed by atoms with Crippen LogP contribution in [0.4, 0.5) is 0 Å². The van der Waals surface area contributed by atoms with Crippen LogP contribution in [0.1, 0.15) is 85.5 Å². The second-order valence-electron chi connectivity index (χ2n) is 7.99. The van der Waals surface area contributed by atoms with Gasteiger partial charge in [-0.15, -0.1) is 0 Å². The summed E-state index contributed by atoms with van der Waals surface area (Å²) in [4.78, 5) is 9.93. The van der Waals surface area contributed by atoms with Gasteiger partial charge in [-0.2, -0.15) is 0 Å². The first-order valence-corrected chi connectivity index (χ1v) is 14.7. The van der Waals surface area contributed by atoms with Crippen molar-refractivity contribution in [1.29, 1.82) is 0 Å². The zero-order chi connectivity index (χ0) is 22.9. The van der Waals surface area contributed by atoms with Crippen molar-refractivity contribution in [3.8, 4) is 0 Å². The monoisotopic (exact) mass is 450 g/mol. The van der Waals surface area contributed by atoms with Gasteiger partial charge >= 0.3 is 0 Å². The highest BCUT2D eigenvalue weighted by atomic mass is 31.2. The number of rotatable bonds is 21. The Balaban J connectivity index is 0. The van der Waals surface area contributed by atoms with Crippen LogP contribution in [-0.4, -0.2) is 70.8 Å². The molecule has 5 nitrogen and oxygen atoms in total. The molecule has 0 spiro atoms. The predicted molar refractivity (Wildman–Crippen MR) is 129 cm³/mol. The molecule has 0 atom stereocenters. The van der Waals surface area contributed by atoms with E-state index in [1.807, 2.05) is 0 Å². The Morgan fingerprint density at radius 3 is 1.37 bits per heavy atom. The molecule has 0 saturated carbocycles. The Bertz CT molecular complexity index is 315. The molecule has 0 amide bonds. The third kappa shape index (κ3) is 22.5. The first-order chi connectivity index (χ1) is 14.5. The summed E-state index contributed by atoms with van der Waals surface area (Å²) in [7, 11) is 1.03. The summed E-state index contributed by atoms with van der Waals surface area (Å²) in [5, 5.41) is 9.93. The summed E-state index contributed by atoms with van der Waals surface area (Å²) in [6.45, 7) is 11.5. The number of carbonyl (C=O) groups excluding carboxylic acids is 1. The third-order valence-corrected chi connectivity index (χ3v) is 10.3. The number of hydrogen-bond donors (Lipinski definition) is 0. The summed E-state index contributed by atoms with van der Waals surface area (Å²) < 4.78 is 14.8. The number of hydrogen-bond acceptors (Lipinski definition) is 5. The Morgan fingerprint density at radius 1 is 0.667 bits per heavy atom. The lowest BCUT2D eigenvalue weighted by Crippen LogP contribution is -2.23. The highest BCUT2D eigenvalue weighted by Gasteiger charge is 2.34. The Hall–Kier alpha value is -0.220. The zero-order valence-electron chi connectivity index (χ0n) is 20.7. The van der Waals surface area contributed by atoms with Crippen molar-refractivity contribution < 1.29 is 24.1 Å².